The fraction of sp³-hybridized carbons (Fsp3) is 0.0833. The van der Waals surface area contributed by atoms with E-state index in [0.717, 1.165) is 14.1 Å². The molecule has 1 aromatic carbocycles. The standard InChI is InChI=1S/C12H9ClINO2S/c13-8-1-2-11(10(14)4-8)15-5-9-3-7(6-18-9)12(16)17/h1-4,6,15H,5H2,(H,16,17). The summed E-state index contributed by atoms with van der Waals surface area (Å²) in [5.41, 5.74) is 1.33. The van der Waals surface area contributed by atoms with Gasteiger partial charge < -0.3 is 10.4 Å². The number of benzene rings is 1. The lowest BCUT2D eigenvalue weighted by Gasteiger charge is -2.07. The molecule has 2 N–H and O–H groups in total. The van der Waals surface area contributed by atoms with Gasteiger partial charge in [-0.1, -0.05) is 11.6 Å². The molecular formula is C12H9ClINO2S. The summed E-state index contributed by atoms with van der Waals surface area (Å²) in [4.78, 5) is 11.7. The van der Waals surface area contributed by atoms with Crippen molar-refractivity contribution in [3.8, 4) is 0 Å². The summed E-state index contributed by atoms with van der Waals surface area (Å²) in [5.74, 6) is -0.890. The summed E-state index contributed by atoms with van der Waals surface area (Å²) in [7, 11) is 0. The minimum Gasteiger partial charge on any atom is -0.478 e. The Labute approximate surface area is 127 Å². The monoisotopic (exact) mass is 393 g/mol. The van der Waals surface area contributed by atoms with Gasteiger partial charge in [0.05, 0.1) is 5.56 Å². The van der Waals surface area contributed by atoms with Gasteiger partial charge in [-0.2, -0.15) is 0 Å². The van der Waals surface area contributed by atoms with E-state index in [-0.39, 0.29) is 0 Å². The van der Waals surface area contributed by atoms with E-state index in [4.69, 9.17) is 16.7 Å². The molecule has 0 amide bonds. The van der Waals surface area contributed by atoms with E-state index < -0.39 is 5.97 Å². The van der Waals surface area contributed by atoms with Gasteiger partial charge in [-0.3, -0.25) is 0 Å². The predicted molar refractivity (Wildman–Crippen MR) is 82.8 cm³/mol. The van der Waals surface area contributed by atoms with Crippen LogP contribution in [-0.2, 0) is 6.54 Å². The van der Waals surface area contributed by atoms with Gasteiger partial charge in [-0.15, -0.1) is 11.3 Å². The maximum atomic E-state index is 10.8. The quantitative estimate of drug-likeness (QED) is 0.761. The number of aromatic carboxylic acids is 1. The molecule has 1 aromatic heterocycles. The lowest BCUT2D eigenvalue weighted by Crippen LogP contribution is -1.99. The highest BCUT2D eigenvalue weighted by molar-refractivity contribution is 14.1. The maximum absolute atomic E-state index is 10.8. The molecule has 0 aliphatic heterocycles. The molecule has 2 rings (SSSR count). The summed E-state index contributed by atoms with van der Waals surface area (Å²) in [5, 5.41) is 14.4. The molecule has 2 aromatic rings. The minimum absolute atomic E-state index is 0.336. The van der Waals surface area contributed by atoms with Crippen LogP contribution in [0.1, 0.15) is 15.2 Å². The van der Waals surface area contributed by atoms with Crippen LogP contribution in [-0.4, -0.2) is 11.1 Å². The molecule has 6 heteroatoms. The van der Waals surface area contributed by atoms with Crippen LogP contribution in [0.3, 0.4) is 0 Å². The first-order chi connectivity index (χ1) is 8.56. The Bertz CT molecular complexity index is 585. The Balaban J connectivity index is 2.04. The Hall–Kier alpha value is -0.790. The highest BCUT2D eigenvalue weighted by atomic mass is 127. The van der Waals surface area contributed by atoms with E-state index >= 15 is 0 Å². The van der Waals surface area contributed by atoms with Gasteiger partial charge in [0, 0.05) is 31.1 Å². The van der Waals surface area contributed by atoms with Crippen LogP contribution in [0.5, 0.6) is 0 Å². The molecule has 0 aliphatic carbocycles. The van der Waals surface area contributed by atoms with Gasteiger partial charge in [0.25, 0.3) is 0 Å². The number of hydrogen-bond acceptors (Lipinski definition) is 3. The number of hydrogen-bond donors (Lipinski definition) is 2. The summed E-state index contributed by atoms with van der Waals surface area (Å²) >= 11 is 9.52. The Morgan fingerprint density at radius 2 is 2.22 bits per heavy atom. The van der Waals surface area contributed by atoms with Crippen molar-refractivity contribution in [2.75, 3.05) is 5.32 Å². The Morgan fingerprint density at radius 3 is 2.83 bits per heavy atom. The third kappa shape index (κ3) is 3.37. The first kappa shape index (κ1) is 13.6. The number of anilines is 1. The smallest absolute Gasteiger partial charge is 0.336 e. The van der Waals surface area contributed by atoms with Crippen molar-refractivity contribution < 1.29 is 9.90 Å². The first-order valence-electron chi connectivity index (χ1n) is 5.06. The number of halogens is 2. The molecule has 0 atom stereocenters. The first-order valence-corrected chi connectivity index (χ1v) is 7.39. The van der Waals surface area contributed by atoms with Gasteiger partial charge in [0.1, 0.15) is 0 Å². The summed E-state index contributed by atoms with van der Waals surface area (Å²) < 4.78 is 1.04. The van der Waals surface area contributed by atoms with Crippen LogP contribution in [0, 0.1) is 3.57 Å². The van der Waals surface area contributed by atoms with E-state index in [1.165, 1.54) is 11.3 Å². The van der Waals surface area contributed by atoms with Crippen molar-refractivity contribution in [2.45, 2.75) is 6.54 Å². The van der Waals surface area contributed by atoms with E-state index in [9.17, 15) is 4.79 Å². The third-order valence-corrected chi connectivity index (χ3v) is 4.35. The van der Waals surface area contributed by atoms with E-state index in [1.54, 1.807) is 11.4 Å². The molecule has 3 nitrogen and oxygen atoms in total. The summed E-state index contributed by atoms with van der Waals surface area (Å²) in [6.45, 7) is 0.607. The Morgan fingerprint density at radius 1 is 1.44 bits per heavy atom. The van der Waals surface area contributed by atoms with Crippen molar-refractivity contribution in [1.29, 1.82) is 0 Å². The molecule has 0 fully saturated rings. The third-order valence-electron chi connectivity index (χ3n) is 2.28. The van der Waals surface area contributed by atoms with Crippen LogP contribution >= 0.6 is 45.5 Å². The molecule has 0 saturated heterocycles. The average Bonchev–Trinajstić information content (AvgIpc) is 2.76. The second-order valence-corrected chi connectivity index (χ2v) is 6.18. The largest absolute Gasteiger partial charge is 0.478 e. The maximum Gasteiger partial charge on any atom is 0.336 e. The van der Waals surface area contributed by atoms with Crippen molar-refractivity contribution in [3.63, 3.8) is 0 Å². The zero-order valence-electron chi connectivity index (χ0n) is 9.11. The molecule has 0 aliphatic rings. The highest BCUT2D eigenvalue weighted by Gasteiger charge is 2.07. The number of carboxylic acid groups (broad SMARTS) is 1. The fourth-order valence-electron chi connectivity index (χ4n) is 1.40. The van der Waals surface area contributed by atoms with Gasteiger partial charge in [-0.25, -0.2) is 4.79 Å². The van der Waals surface area contributed by atoms with Crippen molar-refractivity contribution >= 4 is 57.2 Å². The highest BCUT2D eigenvalue weighted by Crippen LogP contribution is 2.23. The lowest BCUT2D eigenvalue weighted by molar-refractivity contribution is 0.0697. The molecule has 0 saturated carbocycles. The average molecular weight is 394 g/mol. The van der Waals surface area contributed by atoms with Gasteiger partial charge in [0.15, 0.2) is 0 Å². The topological polar surface area (TPSA) is 49.3 Å². The van der Waals surface area contributed by atoms with Crippen LogP contribution in [0.15, 0.2) is 29.6 Å². The molecule has 1 heterocycles. The number of rotatable bonds is 4. The molecule has 0 radical (unpaired) electrons. The second kappa shape index (κ2) is 5.90. The van der Waals surface area contributed by atoms with Gasteiger partial charge in [0.2, 0.25) is 0 Å². The van der Waals surface area contributed by atoms with Crippen LogP contribution < -0.4 is 5.32 Å². The molecule has 94 valence electrons. The molecular weight excluding hydrogens is 385 g/mol. The molecule has 0 spiro atoms. The molecule has 0 bridgehead atoms. The van der Waals surface area contributed by atoms with Crippen molar-refractivity contribution in [3.05, 3.63) is 48.7 Å². The predicted octanol–water partition coefficient (Wildman–Crippen LogP) is 4.32. The van der Waals surface area contributed by atoms with Crippen LogP contribution in [0.25, 0.3) is 0 Å². The lowest BCUT2D eigenvalue weighted by atomic mass is 10.3. The fourth-order valence-corrected chi connectivity index (χ4v) is 3.26. The van der Waals surface area contributed by atoms with E-state index in [2.05, 4.69) is 27.9 Å². The number of thiophene rings is 1. The zero-order chi connectivity index (χ0) is 13.1. The molecule has 18 heavy (non-hydrogen) atoms. The number of nitrogens with one attached hydrogen (secondary N) is 1. The van der Waals surface area contributed by atoms with Gasteiger partial charge in [-0.05, 0) is 46.9 Å². The van der Waals surface area contributed by atoms with E-state index in [0.29, 0.717) is 17.1 Å². The second-order valence-electron chi connectivity index (χ2n) is 3.58. The SMILES string of the molecule is O=C(O)c1csc(CNc2ccc(Cl)cc2I)c1. The summed E-state index contributed by atoms with van der Waals surface area (Å²) in [6, 6.07) is 7.29. The normalized spacial score (nSPS) is 10.3. The molecule has 0 unspecified atom stereocenters. The summed E-state index contributed by atoms with van der Waals surface area (Å²) in [6.07, 6.45) is 0. The number of carboxylic acids is 1. The zero-order valence-corrected chi connectivity index (χ0v) is 12.8. The minimum atomic E-state index is -0.890. The van der Waals surface area contributed by atoms with Crippen molar-refractivity contribution in [2.24, 2.45) is 0 Å². The Kier molecular flexibility index (Phi) is 4.47. The van der Waals surface area contributed by atoms with Gasteiger partial charge >= 0.3 is 5.97 Å². The van der Waals surface area contributed by atoms with Crippen LogP contribution in [0.2, 0.25) is 5.02 Å². The van der Waals surface area contributed by atoms with E-state index in [1.807, 2.05) is 18.2 Å². The van der Waals surface area contributed by atoms with Crippen molar-refractivity contribution in [1.82, 2.24) is 0 Å². The van der Waals surface area contributed by atoms with Crippen LogP contribution in [0.4, 0.5) is 5.69 Å². The number of carbonyl (C=O) groups is 1.